The summed E-state index contributed by atoms with van der Waals surface area (Å²) < 4.78 is 1.96. The summed E-state index contributed by atoms with van der Waals surface area (Å²) in [6, 6.07) is 8.23. The summed E-state index contributed by atoms with van der Waals surface area (Å²) >= 11 is 0. The van der Waals surface area contributed by atoms with Crippen LogP contribution in [0.3, 0.4) is 0 Å². The predicted molar refractivity (Wildman–Crippen MR) is 96.7 cm³/mol. The zero-order valence-corrected chi connectivity index (χ0v) is 14.6. The van der Waals surface area contributed by atoms with Gasteiger partial charge >= 0.3 is 0 Å². The molecule has 0 fully saturated rings. The van der Waals surface area contributed by atoms with Gasteiger partial charge in [0.15, 0.2) is 5.96 Å². The van der Waals surface area contributed by atoms with Crippen molar-refractivity contribution in [1.29, 1.82) is 0 Å². The number of aryl methyl sites for hydroxylation is 3. The lowest BCUT2D eigenvalue weighted by Crippen LogP contribution is -2.22. The number of nitrogens with one attached hydrogen (secondary N) is 1. The third kappa shape index (κ3) is 4.12. The van der Waals surface area contributed by atoms with Gasteiger partial charge in [-0.2, -0.15) is 5.10 Å². The van der Waals surface area contributed by atoms with Crippen molar-refractivity contribution < 1.29 is 0 Å². The second-order valence-corrected chi connectivity index (χ2v) is 5.58. The van der Waals surface area contributed by atoms with E-state index in [2.05, 4.69) is 48.3 Å². The van der Waals surface area contributed by atoms with Gasteiger partial charge in [0.25, 0.3) is 0 Å². The topological polar surface area (TPSA) is 68.2 Å². The molecular weight excluding hydrogens is 286 g/mol. The van der Waals surface area contributed by atoms with E-state index in [0.29, 0.717) is 12.5 Å². The molecule has 0 aliphatic heterocycles. The number of anilines is 1. The van der Waals surface area contributed by atoms with Crippen LogP contribution in [-0.4, -0.2) is 15.7 Å². The monoisotopic (exact) mass is 313 g/mol. The highest BCUT2D eigenvalue weighted by molar-refractivity contribution is 5.92. The molecule has 2 rings (SSSR count). The van der Waals surface area contributed by atoms with Gasteiger partial charge < -0.3 is 11.1 Å². The molecule has 0 saturated heterocycles. The molecule has 0 unspecified atom stereocenters. The van der Waals surface area contributed by atoms with Crippen molar-refractivity contribution >= 4 is 11.6 Å². The lowest BCUT2D eigenvalue weighted by molar-refractivity contribution is 0.703. The SMILES string of the molecule is CCc1cccc(NC(N)=NCc2c(CC)nn(C)c2CC)c1. The van der Waals surface area contributed by atoms with Crippen LogP contribution in [0.2, 0.25) is 0 Å². The maximum Gasteiger partial charge on any atom is 0.193 e. The number of aliphatic imine (C=N–C) groups is 1. The van der Waals surface area contributed by atoms with Gasteiger partial charge in [-0.3, -0.25) is 4.68 Å². The van der Waals surface area contributed by atoms with Crippen molar-refractivity contribution in [3.63, 3.8) is 0 Å². The standard InChI is InChI=1S/C18H27N5/c1-5-13-9-8-10-14(11-13)21-18(19)20-12-15-16(6-2)22-23(4)17(15)7-3/h8-11H,5-7,12H2,1-4H3,(H3,19,20,21). The molecule has 124 valence electrons. The van der Waals surface area contributed by atoms with Crippen LogP contribution in [0.15, 0.2) is 29.3 Å². The van der Waals surface area contributed by atoms with E-state index in [-0.39, 0.29) is 0 Å². The molecule has 0 saturated carbocycles. The zero-order valence-electron chi connectivity index (χ0n) is 14.6. The van der Waals surface area contributed by atoms with E-state index in [1.54, 1.807) is 0 Å². The average molecular weight is 313 g/mol. The van der Waals surface area contributed by atoms with E-state index < -0.39 is 0 Å². The molecule has 0 spiro atoms. The number of nitrogens with two attached hydrogens (primary N) is 1. The lowest BCUT2D eigenvalue weighted by atomic mass is 10.1. The Morgan fingerprint density at radius 1 is 1.22 bits per heavy atom. The number of guanidine groups is 1. The molecular formula is C18H27N5. The zero-order chi connectivity index (χ0) is 16.8. The van der Waals surface area contributed by atoms with Crippen molar-refractivity contribution in [3.05, 3.63) is 46.8 Å². The van der Waals surface area contributed by atoms with Crippen LogP contribution in [0, 0.1) is 0 Å². The summed E-state index contributed by atoms with van der Waals surface area (Å²) in [4.78, 5) is 4.51. The molecule has 2 aromatic rings. The Kier molecular flexibility index (Phi) is 5.79. The van der Waals surface area contributed by atoms with E-state index in [4.69, 9.17) is 5.73 Å². The highest BCUT2D eigenvalue weighted by atomic mass is 15.3. The molecule has 1 heterocycles. The van der Waals surface area contributed by atoms with Crippen LogP contribution in [0.5, 0.6) is 0 Å². The van der Waals surface area contributed by atoms with Gasteiger partial charge in [0.05, 0.1) is 12.2 Å². The van der Waals surface area contributed by atoms with E-state index >= 15 is 0 Å². The van der Waals surface area contributed by atoms with Gasteiger partial charge in [0.2, 0.25) is 0 Å². The summed E-state index contributed by atoms with van der Waals surface area (Å²) in [6.07, 6.45) is 2.85. The quantitative estimate of drug-likeness (QED) is 0.636. The van der Waals surface area contributed by atoms with Crippen molar-refractivity contribution in [2.75, 3.05) is 5.32 Å². The van der Waals surface area contributed by atoms with E-state index in [1.165, 1.54) is 16.8 Å². The molecule has 1 aromatic heterocycles. The molecule has 23 heavy (non-hydrogen) atoms. The molecule has 1 aromatic carbocycles. The Morgan fingerprint density at radius 2 is 2.00 bits per heavy atom. The smallest absolute Gasteiger partial charge is 0.193 e. The molecule has 0 bridgehead atoms. The normalized spacial score (nSPS) is 11.7. The van der Waals surface area contributed by atoms with Gasteiger partial charge in [0.1, 0.15) is 0 Å². The third-order valence-electron chi connectivity index (χ3n) is 4.04. The number of aromatic nitrogens is 2. The summed E-state index contributed by atoms with van der Waals surface area (Å²) in [5.74, 6) is 0.436. The minimum atomic E-state index is 0.436. The second kappa shape index (κ2) is 7.81. The lowest BCUT2D eigenvalue weighted by Gasteiger charge is -2.08. The first kappa shape index (κ1) is 17.1. The van der Waals surface area contributed by atoms with Crippen molar-refractivity contribution in [2.45, 2.75) is 46.6 Å². The molecule has 0 aliphatic rings. The highest BCUT2D eigenvalue weighted by Crippen LogP contribution is 2.17. The number of benzene rings is 1. The molecule has 0 atom stereocenters. The maximum absolute atomic E-state index is 6.05. The van der Waals surface area contributed by atoms with Gasteiger partial charge in [-0.15, -0.1) is 0 Å². The Bertz CT molecular complexity index is 685. The van der Waals surface area contributed by atoms with Crippen LogP contribution in [-0.2, 0) is 32.9 Å². The number of hydrogen-bond donors (Lipinski definition) is 2. The fourth-order valence-corrected chi connectivity index (χ4v) is 2.79. The summed E-state index contributed by atoms with van der Waals surface area (Å²) in [5, 5.41) is 7.74. The average Bonchev–Trinajstić information content (AvgIpc) is 2.87. The molecule has 3 N–H and O–H groups in total. The number of hydrogen-bond acceptors (Lipinski definition) is 2. The first-order valence-corrected chi connectivity index (χ1v) is 8.28. The van der Waals surface area contributed by atoms with E-state index in [1.807, 2.05) is 23.9 Å². The van der Waals surface area contributed by atoms with Crippen molar-refractivity contribution in [3.8, 4) is 0 Å². The Hall–Kier alpha value is -2.30. The van der Waals surface area contributed by atoms with E-state index in [9.17, 15) is 0 Å². The molecule has 0 aliphatic carbocycles. The molecule has 5 heteroatoms. The van der Waals surface area contributed by atoms with Crippen molar-refractivity contribution in [1.82, 2.24) is 9.78 Å². The van der Waals surface area contributed by atoms with Crippen LogP contribution in [0.25, 0.3) is 0 Å². The molecule has 0 amide bonds. The Balaban J connectivity index is 2.13. The summed E-state index contributed by atoms with van der Waals surface area (Å²) in [7, 11) is 1.99. The van der Waals surface area contributed by atoms with E-state index in [0.717, 1.165) is 30.6 Å². The summed E-state index contributed by atoms with van der Waals surface area (Å²) in [6.45, 7) is 6.96. The second-order valence-electron chi connectivity index (χ2n) is 5.58. The predicted octanol–water partition coefficient (Wildman–Crippen LogP) is 3.03. The highest BCUT2D eigenvalue weighted by Gasteiger charge is 2.12. The van der Waals surface area contributed by atoms with Crippen LogP contribution in [0.4, 0.5) is 5.69 Å². The minimum absolute atomic E-state index is 0.436. The largest absolute Gasteiger partial charge is 0.370 e. The van der Waals surface area contributed by atoms with Crippen LogP contribution < -0.4 is 11.1 Å². The first-order chi connectivity index (χ1) is 11.1. The fraction of sp³-hybridized carbons (Fsp3) is 0.444. The van der Waals surface area contributed by atoms with Crippen LogP contribution >= 0.6 is 0 Å². The fourth-order valence-electron chi connectivity index (χ4n) is 2.79. The Labute approximate surface area is 138 Å². The molecule has 0 radical (unpaired) electrons. The summed E-state index contributed by atoms with van der Waals surface area (Å²) in [5.41, 5.74) is 11.8. The Morgan fingerprint density at radius 3 is 2.65 bits per heavy atom. The van der Waals surface area contributed by atoms with Gasteiger partial charge in [-0.05, 0) is 37.0 Å². The molecule has 5 nitrogen and oxygen atoms in total. The first-order valence-electron chi connectivity index (χ1n) is 8.28. The third-order valence-corrected chi connectivity index (χ3v) is 4.04. The van der Waals surface area contributed by atoms with Crippen molar-refractivity contribution in [2.24, 2.45) is 17.8 Å². The number of nitrogens with zero attached hydrogens (tertiary/aromatic N) is 3. The van der Waals surface area contributed by atoms with Gasteiger partial charge in [-0.1, -0.05) is 32.9 Å². The van der Waals surface area contributed by atoms with Gasteiger partial charge in [-0.25, -0.2) is 4.99 Å². The van der Waals surface area contributed by atoms with Crippen LogP contribution in [0.1, 0.15) is 43.3 Å². The number of rotatable bonds is 6. The maximum atomic E-state index is 6.05. The minimum Gasteiger partial charge on any atom is -0.370 e. The van der Waals surface area contributed by atoms with Gasteiger partial charge in [0, 0.05) is 24.0 Å².